The molecule has 1 amide bonds. The molecule has 0 heterocycles. The highest BCUT2D eigenvalue weighted by atomic mass is 79.9. The minimum absolute atomic E-state index is 0.106. The van der Waals surface area contributed by atoms with Crippen LogP contribution in [-0.2, 0) is 24.3 Å². The van der Waals surface area contributed by atoms with Crippen molar-refractivity contribution in [2.75, 3.05) is 20.2 Å². The molecule has 0 atom stereocenters. The number of benzene rings is 1. The minimum atomic E-state index is -4.11. The van der Waals surface area contributed by atoms with Crippen molar-refractivity contribution in [3.63, 3.8) is 0 Å². The van der Waals surface area contributed by atoms with Crippen molar-refractivity contribution < 1.29 is 22.7 Å². The van der Waals surface area contributed by atoms with Crippen molar-refractivity contribution in [2.45, 2.75) is 4.90 Å². The fourth-order valence-corrected chi connectivity index (χ4v) is 4.18. The molecule has 22 heavy (non-hydrogen) atoms. The van der Waals surface area contributed by atoms with Crippen LogP contribution in [0.5, 0.6) is 0 Å². The maximum Gasteiger partial charge on any atom is 0.321 e. The summed E-state index contributed by atoms with van der Waals surface area (Å²) in [6, 6.07) is 2.71. The summed E-state index contributed by atoms with van der Waals surface area (Å²) in [6.07, 6.45) is 0. The molecule has 1 rings (SSSR count). The van der Waals surface area contributed by atoms with Crippen LogP contribution in [0.15, 0.2) is 21.5 Å². The molecule has 11 heteroatoms. The monoisotopic (exact) mass is 432 g/mol. The van der Waals surface area contributed by atoms with E-state index < -0.39 is 35.1 Å². The second kappa shape index (κ2) is 8.11. The SMILES string of the molecule is CNC(=O)COC(=O)CNS(=O)(=O)c1c(Cl)cc(Br)cc1Cl. The number of rotatable bonds is 6. The van der Waals surface area contributed by atoms with E-state index in [1.54, 1.807) is 0 Å². The Labute approximate surface area is 145 Å². The molecule has 0 saturated heterocycles. The van der Waals surface area contributed by atoms with Gasteiger partial charge in [0.05, 0.1) is 10.0 Å². The van der Waals surface area contributed by atoms with Gasteiger partial charge in [-0.05, 0) is 12.1 Å². The van der Waals surface area contributed by atoms with E-state index in [0.717, 1.165) is 0 Å². The average molecular weight is 434 g/mol. The standard InChI is InChI=1S/C11H11BrCl2N2O5S/c1-15-9(17)5-21-10(18)4-16-22(19,20)11-7(13)2-6(12)3-8(11)14/h2-3,16H,4-5H2,1H3,(H,15,17). The predicted molar refractivity (Wildman–Crippen MR) is 84.4 cm³/mol. The van der Waals surface area contributed by atoms with Gasteiger partial charge in [-0.25, -0.2) is 8.42 Å². The molecule has 0 saturated carbocycles. The number of esters is 1. The Morgan fingerprint density at radius 3 is 2.32 bits per heavy atom. The largest absolute Gasteiger partial charge is 0.455 e. The van der Waals surface area contributed by atoms with Crippen molar-refractivity contribution in [1.29, 1.82) is 0 Å². The molecule has 0 aliphatic carbocycles. The number of sulfonamides is 1. The van der Waals surface area contributed by atoms with E-state index in [0.29, 0.717) is 4.47 Å². The van der Waals surface area contributed by atoms with E-state index in [2.05, 4.69) is 26.0 Å². The molecule has 0 fully saturated rings. The molecular weight excluding hydrogens is 423 g/mol. The summed E-state index contributed by atoms with van der Waals surface area (Å²) >= 11 is 14.8. The van der Waals surface area contributed by atoms with Gasteiger partial charge >= 0.3 is 5.97 Å². The first-order chi connectivity index (χ1) is 10.2. The average Bonchev–Trinajstić information content (AvgIpc) is 2.41. The zero-order valence-corrected chi connectivity index (χ0v) is 15.1. The van der Waals surface area contributed by atoms with Crippen LogP contribution in [0.25, 0.3) is 0 Å². The first-order valence-corrected chi connectivity index (χ1v) is 8.71. The van der Waals surface area contributed by atoms with E-state index >= 15 is 0 Å². The molecule has 0 aromatic heterocycles. The van der Waals surface area contributed by atoms with Crippen molar-refractivity contribution in [1.82, 2.24) is 10.0 Å². The van der Waals surface area contributed by atoms with E-state index in [1.165, 1.54) is 19.2 Å². The zero-order valence-electron chi connectivity index (χ0n) is 11.2. The molecule has 122 valence electrons. The number of nitrogens with one attached hydrogen (secondary N) is 2. The molecule has 0 aliphatic rings. The lowest BCUT2D eigenvalue weighted by Gasteiger charge is -2.10. The fraction of sp³-hybridized carbons (Fsp3) is 0.273. The number of hydrogen-bond acceptors (Lipinski definition) is 5. The first kappa shape index (κ1) is 19.2. The fourth-order valence-electron chi connectivity index (χ4n) is 1.28. The lowest BCUT2D eigenvalue weighted by molar-refractivity contribution is -0.147. The van der Waals surface area contributed by atoms with Crippen LogP contribution in [0, 0.1) is 0 Å². The Morgan fingerprint density at radius 2 is 1.82 bits per heavy atom. The third-order valence-electron chi connectivity index (χ3n) is 2.28. The van der Waals surface area contributed by atoms with Gasteiger partial charge in [-0.3, -0.25) is 9.59 Å². The minimum Gasteiger partial charge on any atom is -0.455 e. The third kappa shape index (κ3) is 5.40. The molecule has 0 spiro atoms. The van der Waals surface area contributed by atoms with E-state index in [-0.39, 0.29) is 14.9 Å². The second-order valence-corrected chi connectivity index (χ2v) is 7.29. The number of hydrogen-bond donors (Lipinski definition) is 2. The highest BCUT2D eigenvalue weighted by molar-refractivity contribution is 9.10. The quantitative estimate of drug-likeness (QED) is 0.659. The molecule has 0 aliphatic heterocycles. The van der Waals surface area contributed by atoms with Gasteiger partial charge in [0.1, 0.15) is 11.4 Å². The molecular formula is C11H11BrCl2N2O5S. The maximum atomic E-state index is 12.1. The molecule has 2 N–H and O–H groups in total. The topological polar surface area (TPSA) is 102 Å². The van der Waals surface area contributed by atoms with Crippen molar-refractivity contribution in [3.05, 3.63) is 26.7 Å². The lowest BCUT2D eigenvalue weighted by atomic mass is 10.4. The van der Waals surface area contributed by atoms with Crippen LogP contribution in [-0.4, -0.2) is 40.5 Å². The van der Waals surface area contributed by atoms with Crippen LogP contribution < -0.4 is 10.0 Å². The van der Waals surface area contributed by atoms with E-state index in [9.17, 15) is 18.0 Å². The highest BCUT2D eigenvalue weighted by Gasteiger charge is 2.23. The molecule has 7 nitrogen and oxygen atoms in total. The van der Waals surface area contributed by atoms with Crippen LogP contribution in [0.4, 0.5) is 0 Å². The summed E-state index contributed by atoms with van der Waals surface area (Å²) in [5.74, 6) is -1.44. The number of carbonyl (C=O) groups is 2. The number of likely N-dealkylation sites (N-methyl/N-ethyl adjacent to an activating group) is 1. The second-order valence-electron chi connectivity index (χ2n) is 3.86. The molecule has 1 aromatic rings. The number of amides is 1. The Bertz CT molecular complexity index is 673. The van der Waals surface area contributed by atoms with E-state index in [4.69, 9.17) is 23.2 Å². The number of ether oxygens (including phenoxy) is 1. The normalized spacial score (nSPS) is 11.1. The summed E-state index contributed by atoms with van der Waals surface area (Å²) in [7, 11) is -2.74. The summed E-state index contributed by atoms with van der Waals surface area (Å²) in [5.41, 5.74) is 0. The van der Waals surface area contributed by atoms with Crippen LogP contribution in [0.1, 0.15) is 0 Å². The van der Waals surface area contributed by atoms with Crippen molar-refractivity contribution >= 4 is 61.0 Å². The van der Waals surface area contributed by atoms with Gasteiger partial charge in [0, 0.05) is 11.5 Å². The highest BCUT2D eigenvalue weighted by Crippen LogP contribution is 2.32. The van der Waals surface area contributed by atoms with Gasteiger partial charge in [0.15, 0.2) is 6.61 Å². The third-order valence-corrected chi connectivity index (χ3v) is 5.06. The molecule has 0 radical (unpaired) electrons. The van der Waals surface area contributed by atoms with Gasteiger partial charge in [-0.15, -0.1) is 0 Å². The lowest BCUT2D eigenvalue weighted by Crippen LogP contribution is -2.33. The Kier molecular flexibility index (Phi) is 7.07. The Morgan fingerprint density at radius 1 is 1.27 bits per heavy atom. The molecule has 0 bridgehead atoms. The van der Waals surface area contributed by atoms with Crippen LogP contribution in [0.2, 0.25) is 10.0 Å². The van der Waals surface area contributed by atoms with Gasteiger partial charge in [0.25, 0.3) is 5.91 Å². The number of halogens is 3. The van der Waals surface area contributed by atoms with Gasteiger partial charge in [-0.1, -0.05) is 39.1 Å². The van der Waals surface area contributed by atoms with Gasteiger partial charge in [-0.2, -0.15) is 4.72 Å². The Hall–Kier alpha value is -0.870. The van der Waals surface area contributed by atoms with Gasteiger partial charge in [0.2, 0.25) is 10.0 Å². The summed E-state index contributed by atoms with van der Waals surface area (Å²) < 4.78 is 31.3. The smallest absolute Gasteiger partial charge is 0.321 e. The zero-order chi connectivity index (χ0) is 16.9. The summed E-state index contributed by atoms with van der Waals surface area (Å²) in [4.78, 5) is 21.9. The van der Waals surface area contributed by atoms with Crippen LogP contribution >= 0.6 is 39.1 Å². The molecule has 1 aromatic carbocycles. The summed E-state index contributed by atoms with van der Waals surface area (Å²) in [5, 5.41) is 2.03. The van der Waals surface area contributed by atoms with E-state index in [1.807, 2.05) is 4.72 Å². The van der Waals surface area contributed by atoms with Crippen molar-refractivity contribution in [2.24, 2.45) is 0 Å². The first-order valence-electron chi connectivity index (χ1n) is 5.67. The van der Waals surface area contributed by atoms with Crippen molar-refractivity contribution in [3.8, 4) is 0 Å². The maximum absolute atomic E-state index is 12.1. The van der Waals surface area contributed by atoms with Crippen LogP contribution in [0.3, 0.4) is 0 Å². The molecule has 0 unspecified atom stereocenters. The Balaban J connectivity index is 2.77. The van der Waals surface area contributed by atoms with Gasteiger partial charge < -0.3 is 10.1 Å². The predicted octanol–water partition coefficient (Wildman–Crippen LogP) is 1.32. The number of carbonyl (C=O) groups excluding carboxylic acids is 2. The summed E-state index contributed by atoms with van der Waals surface area (Å²) in [6.45, 7) is -1.17.